The van der Waals surface area contributed by atoms with E-state index in [0.29, 0.717) is 5.92 Å². The Morgan fingerprint density at radius 2 is 1.91 bits per heavy atom. The number of aromatic nitrogens is 3. The second-order valence-corrected chi connectivity index (χ2v) is 8.92. The number of ether oxygens (including phenoxy) is 3. The smallest absolute Gasteiger partial charge is 0.246 e. The third-order valence-electron chi connectivity index (χ3n) is 6.03. The first-order valence-electron chi connectivity index (χ1n) is 11.5. The van der Waals surface area contributed by atoms with Gasteiger partial charge in [-0.1, -0.05) is 19.9 Å². The molecule has 0 saturated heterocycles. The lowest BCUT2D eigenvalue weighted by molar-refractivity contribution is -0.125. The van der Waals surface area contributed by atoms with Gasteiger partial charge < -0.3 is 24.1 Å². The highest BCUT2D eigenvalue weighted by Crippen LogP contribution is 2.32. The van der Waals surface area contributed by atoms with Crippen molar-refractivity contribution in [3.05, 3.63) is 34.9 Å². The number of carbonyl (C=O) groups is 1. The second-order valence-electron chi connectivity index (χ2n) is 8.92. The van der Waals surface area contributed by atoms with E-state index in [1.165, 1.54) is 7.11 Å². The fourth-order valence-electron chi connectivity index (χ4n) is 4.47. The number of nitrogens with zero attached hydrogens (tertiary/aromatic N) is 4. The number of nitrogens with one attached hydrogen (secondary N) is 1. The SMILES string of the molecule is COCC(=O)N[C@@H](CC(C)C)c1nnc2n1CCN(Cc1ccc(OC)c(C)c1OC)CC2. The summed E-state index contributed by atoms with van der Waals surface area (Å²) in [5, 5.41) is 12.0. The first kappa shape index (κ1) is 25.0. The van der Waals surface area contributed by atoms with Crippen molar-refractivity contribution in [1.82, 2.24) is 25.0 Å². The first-order valence-corrected chi connectivity index (χ1v) is 11.5. The Hall–Kier alpha value is -2.65. The van der Waals surface area contributed by atoms with Crippen molar-refractivity contribution < 1.29 is 19.0 Å². The number of benzene rings is 1. The zero-order valence-electron chi connectivity index (χ0n) is 20.7. The summed E-state index contributed by atoms with van der Waals surface area (Å²) in [6.45, 7) is 9.61. The molecule has 3 rings (SSSR count). The van der Waals surface area contributed by atoms with E-state index in [2.05, 4.69) is 44.9 Å². The molecule has 1 aliphatic rings. The predicted octanol–water partition coefficient (Wildman–Crippen LogP) is 2.51. The molecule has 0 saturated carbocycles. The monoisotopic (exact) mass is 459 g/mol. The predicted molar refractivity (Wildman–Crippen MR) is 126 cm³/mol. The minimum atomic E-state index is -0.190. The van der Waals surface area contributed by atoms with Crippen molar-refractivity contribution in [2.24, 2.45) is 5.92 Å². The van der Waals surface area contributed by atoms with E-state index in [1.54, 1.807) is 14.2 Å². The van der Waals surface area contributed by atoms with E-state index in [1.807, 2.05) is 13.0 Å². The molecule has 1 aliphatic heterocycles. The van der Waals surface area contributed by atoms with Crippen LogP contribution in [0.3, 0.4) is 0 Å². The van der Waals surface area contributed by atoms with Crippen LogP contribution in [0.4, 0.5) is 0 Å². The standard InChI is InChI=1S/C24H37N5O4/c1-16(2)13-19(25-22(30)15-31-4)24-27-26-21-9-10-28(11-12-29(21)24)14-18-7-8-20(32-5)17(3)23(18)33-6/h7-8,16,19H,9-15H2,1-6H3,(H,25,30)/t19-/m0/s1. The van der Waals surface area contributed by atoms with E-state index >= 15 is 0 Å². The van der Waals surface area contributed by atoms with E-state index in [4.69, 9.17) is 14.2 Å². The van der Waals surface area contributed by atoms with Gasteiger partial charge in [0.05, 0.1) is 20.3 Å². The molecule has 1 amide bonds. The van der Waals surface area contributed by atoms with E-state index in [9.17, 15) is 4.79 Å². The molecule has 33 heavy (non-hydrogen) atoms. The maximum absolute atomic E-state index is 12.2. The zero-order chi connectivity index (χ0) is 24.0. The molecule has 1 N–H and O–H groups in total. The van der Waals surface area contributed by atoms with E-state index in [-0.39, 0.29) is 18.6 Å². The quantitative estimate of drug-likeness (QED) is 0.584. The number of rotatable bonds is 10. The molecule has 182 valence electrons. The summed E-state index contributed by atoms with van der Waals surface area (Å²) in [6, 6.07) is 3.88. The van der Waals surface area contributed by atoms with Crippen LogP contribution in [0.25, 0.3) is 0 Å². The Bertz CT molecular complexity index is 943. The van der Waals surface area contributed by atoms with Crippen LogP contribution in [-0.2, 0) is 29.0 Å². The molecule has 1 aromatic heterocycles. The minimum Gasteiger partial charge on any atom is -0.496 e. The average molecular weight is 460 g/mol. The number of hydrogen-bond donors (Lipinski definition) is 1. The van der Waals surface area contributed by atoms with Gasteiger partial charge in [-0.15, -0.1) is 10.2 Å². The molecule has 0 unspecified atom stereocenters. The van der Waals surface area contributed by atoms with Crippen LogP contribution in [0, 0.1) is 12.8 Å². The number of carbonyl (C=O) groups excluding carboxylic acids is 1. The summed E-state index contributed by atoms with van der Waals surface area (Å²) in [6.07, 6.45) is 1.59. The highest BCUT2D eigenvalue weighted by Gasteiger charge is 2.26. The molecule has 9 heteroatoms. The highest BCUT2D eigenvalue weighted by atomic mass is 16.5. The van der Waals surface area contributed by atoms with Gasteiger partial charge in [0, 0.05) is 50.8 Å². The van der Waals surface area contributed by atoms with Gasteiger partial charge in [-0.3, -0.25) is 9.69 Å². The fourth-order valence-corrected chi connectivity index (χ4v) is 4.47. The molecule has 1 atom stereocenters. The average Bonchev–Trinajstić information content (AvgIpc) is 3.07. The molecule has 0 fully saturated rings. The maximum atomic E-state index is 12.2. The molecule has 0 radical (unpaired) electrons. The molecule has 0 spiro atoms. The van der Waals surface area contributed by atoms with Crippen LogP contribution in [-0.4, -0.2) is 66.6 Å². The molecule has 0 aliphatic carbocycles. The summed E-state index contributed by atoms with van der Waals surface area (Å²) in [4.78, 5) is 14.6. The first-order chi connectivity index (χ1) is 15.9. The van der Waals surface area contributed by atoms with E-state index in [0.717, 1.165) is 73.3 Å². The van der Waals surface area contributed by atoms with Crippen molar-refractivity contribution in [1.29, 1.82) is 0 Å². The maximum Gasteiger partial charge on any atom is 0.246 e. The zero-order valence-corrected chi connectivity index (χ0v) is 20.7. The molecule has 9 nitrogen and oxygen atoms in total. The van der Waals surface area contributed by atoms with Gasteiger partial charge in [0.1, 0.15) is 23.9 Å². The topological polar surface area (TPSA) is 90.7 Å². The van der Waals surface area contributed by atoms with Crippen LogP contribution in [0.2, 0.25) is 0 Å². The van der Waals surface area contributed by atoms with Crippen molar-refractivity contribution in [2.45, 2.75) is 52.7 Å². The Morgan fingerprint density at radius 1 is 1.12 bits per heavy atom. The Labute approximate surface area is 196 Å². The Kier molecular flexibility index (Phi) is 8.68. The molecular weight excluding hydrogens is 422 g/mol. The van der Waals surface area contributed by atoms with Crippen LogP contribution in [0.1, 0.15) is 49.1 Å². The molecule has 2 heterocycles. The van der Waals surface area contributed by atoms with Crippen molar-refractivity contribution >= 4 is 5.91 Å². The van der Waals surface area contributed by atoms with Gasteiger partial charge in [0.2, 0.25) is 5.91 Å². The largest absolute Gasteiger partial charge is 0.496 e. The lowest BCUT2D eigenvalue weighted by Gasteiger charge is -2.23. The van der Waals surface area contributed by atoms with Crippen LogP contribution >= 0.6 is 0 Å². The third kappa shape index (κ3) is 6.03. The molecular formula is C24H37N5O4. The molecule has 2 aromatic rings. The van der Waals surface area contributed by atoms with Crippen molar-refractivity contribution in [3.63, 3.8) is 0 Å². The van der Waals surface area contributed by atoms with Crippen LogP contribution in [0.15, 0.2) is 12.1 Å². The third-order valence-corrected chi connectivity index (χ3v) is 6.03. The van der Waals surface area contributed by atoms with Crippen molar-refractivity contribution in [3.8, 4) is 11.5 Å². The summed E-state index contributed by atoms with van der Waals surface area (Å²) < 4.78 is 18.3. The summed E-state index contributed by atoms with van der Waals surface area (Å²) in [5.41, 5.74) is 2.15. The normalized spacial score (nSPS) is 15.1. The lowest BCUT2D eigenvalue weighted by Crippen LogP contribution is -2.34. The number of amides is 1. The van der Waals surface area contributed by atoms with Gasteiger partial charge in [-0.05, 0) is 25.3 Å². The lowest BCUT2D eigenvalue weighted by atomic mass is 10.0. The molecule has 0 bridgehead atoms. The Morgan fingerprint density at radius 3 is 2.58 bits per heavy atom. The van der Waals surface area contributed by atoms with Crippen molar-refractivity contribution in [2.75, 3.05) is 41.0 Å². The minimum absolute atomic E-state index is 0.0342. The number of methoxy groups -OCH3 is 3. The van der Waals surface area contributed by atoms with Gasteiger partial charge in [-0.25, -0.2) is 0 Å². The summed E-state index contributed by atoms with van der Waals surface area (Å²) in [7, 11) is 4.90. The van der Waals surface area contributed by atoms with Gasteiger partial charge in [-0.2, -0.15) is 0 Å². The van der Waals surface area contributed by atoms with E-state index < -0.39 is 0 Å². The fraction of sp³-hybridized carbons (Fsp3) is 0.625. The Balaban J connectivity index is 1.76. The van der Waals surface area contributed by atoms with Gasteiger partial charge in [0.15, 0.2) is 5.82 Å². The van der Waals surface area contributed by atoms with Gasteiger partial charge in [0.25, 0.3) is 0 Å². The summed E-state index contributed by atoms with van der Waals surface area (Å²) in [5.74, 6) is 3.74. The second kappa shape index (κ2) is 11.5. The molecule has 1 aromatic carbocycles. The number of hydrogen-bond acceptors (Lipinski definition) is 7. The summed E-state index contributed by atoms with van der Waals surface area (Å²) >= 11 is 0. The van der Waals surface area contributed by atoms with Crippen LogP contribution < -0.4 is 14.8 Å². The van der Waals surface area contributed by atoms with Crippen LogP contribution in [0.5, 0.6) is 11.5 Å². The van der Waals surface area contributed by atoms with Gasteiger partial charge >= 0.3 is 0 Å². The number of fused-ring (bicyclic) bond motifs is 1. The highest BCUT2D eigenvalue weighted by molar-refractivity contribution is 5.77.